The van der Waals surface area contributed by atoms with Gasteiger partial charge in [0.2, 0.25) is 0 Å². The summed E-state index contributed by atoms with van der Waals surface area (Å²) in [7, 11) is 0. The minimum atomic E-state index is -0.995. The van der Waals surface area contributed by atoms with E-state index in [0.29, 0.717) is 0 Å². The van der Waals surface area contributed by atoms with Crippen LogP contribution in [0.2, 0.25) is 5.02 Å². The molecule has 0 fully saturated rings. The molecule has 2 aromatic rings. The number of nitrogens with one attached hydrogen (secondary N) is 1. The maximum atomic E-state index is 12.0. The second kappa shape index (κ2) is 8.77. The Labute approximate surface area is 162 Å². The molecule has 0 heterocycles. The van der Waals surface area contributed by atoms with Crippen molar-refractivity contribution in [2.24, 2.45) is 0 Å². The molecule has 0 aliphatic heterocycles. The zero-order valence-corrected chi connectivity index (χ0v) is 15.9. The fourth-order valence-corrected chi connectivity index (χ4v) is 2.59. The Morgan fingerprint density at radius 2 is 1.92 bits per heavy atom. The standard InChI is InChI=1S/C17H14BrClN2O5/c1-10(11-2-4-12(18)5-3-11)20-16(22)9-26-17(23)14-8-13(19)6-7-15(14)21(24)25/h2-8,10H,9H2,1H3,(H,20,22). The van der Waals surface area contributed by atoms with Gasteiger partial charge in [-0.3, -0.25) is 14.9 Å². The summed E-state index contributed by atoms with van der Waals surface area (Å²) in [4.78, 5) is 34.3. The molecule has 0 aliphatic rings. The van der Waals surface area contributed by atoms with Crippen LogP contribution in [0.1, 0.15) is 28.9 Å². The second-order valence-electron chi connectivity index (χ2n) is 5.34. The molecule has 0 saturated carbocycles. The Morgan fingerprint density at radius 1 is 1.27 bits per heavy atom. The molecule has 0 bridgehead atoms. The summed E-state index contributed by atoms with van der Waals surface area (Å²) >= 11 is 9.09. The molecule has 0 aromatic heterocycles. The van der Waals surface area contributed by atoms with Gasteiger partial charge in [-0.05, 0) is 36.8 Å². The molecule has 0 radical (unpaired) electrons. The second-order valence-corrected chi connectivity index (χ2v) is 6.69. The summed E-state index contributed by atoms with van der Waals surface area (Å²) < 4.78 is 5.78. The molecule has 26 heavy (non-hydrogen) atoms. The van der Waals surface area contributed by atoms with Crippen LogP contribution in [0.25, 0.3) is 0 Å². The number of amides is 1. The van der Waals surface area contributed by atoms with Crippen molar-refractivity contribution in [3.05, 3.63) is 73.2 Å². The number of halogens is 2. The van der Waals surface area contributed by atoms with Crippen molar-refractivity contribution in [3.8, 4) is 0 Å². The van der Waals surface area contributed by atoms with Crippen molar-refractivity contribution in [2.75, 3.05) is 6.61 Å². The van der Waals surface area contributed by atoms with Gasteiger partial charge in [-0.2, -0.15) is 0 Å². The van der Waals surface area contributed by atoms with Crippen LogP contribution in [0.15, 0.2) is 46.9 Å². The first-order valence-electron chi connectivity index (χ1n) is 7.44. The Kier molecular flexibility index (Phi) is 6.70. The lowest BCUT2D eigenvalue weighted by atomic mass is 10.1. The number of nitrogens with zero attached hydrogens (tertiary/aromatic N) is 1. The van der Waals surface area contributed by atoms with Gasteiger partial charge < -0.3 is 10.1 Å². The number of nitro benzene ring substituents is 1. The largest absolute Gasteiger partial charge is 0.452 e. The van der Waals surface area contributed by atoms with Gasteiger partial charge in [-0.15, -0.1) is 0 Å². The normalized spacial score (nSPS) is 11.5. The van der Waals surface area contributed by atoms with Crippen molar-refractivity contribution >= 4 is 45.1 Å². The van der Waals surface area contributed by atoms with Crippen molar-refractivity contribution in [2.45, 2.75) is 13.0 Å². The van der Waals surface area contributed by atoms with Gasteiger partial charge in [0.15, 0.2) is 6.61 Å². The molecule has 136 valence electrons. The van der Waals surface area contributed by atoms with Gasteiger partial charge >= 0.3 is 5.97 Å². The third kappa shape index (κ3) is 5.27. The summed E-state index contributed by atoms with van der Waals surface area (Å²) in [5, 5.41) is 13.8. The van der Waals surface area contributed by atoms with Crippen LogP contribution in [0.5, 0.6) is 0 Å². The maximum Gasteiger partial charge on any atom is 0.345 e. The highest BCUT2D eigenvalue weighted by Gasteiger charge is 2.22. The Morgan fingerprint density at radius 3 is 2.54 bits per heavy atom. The summed E-state index contributed by atoms with van der Waals surface area (Å²) in [6, 6.07) is 10.6. The van der Waals surface area contributed by atoms with Gasteiger partial charge in [0.05, 0.1) is 11.0 Å². The monoisotopic (exact) mass is 440 g/mol. The first-order valence-corrected chi connectivity index (χ1v) is 8.61. The molecule has 2 rings (SSSR count). The predicted octanol–water partition coefficient (Wildman–Crippen LogP) is 4.04. The van der Waals surface area contributed by atoms with Crippen molar-refractivity contribution in [1.82, 2.24) is 5.32 Å². The van der Waals surface area contributed by atoms with E-state index in [1.807, 2.05) is 24.3 Å². The molecule has 1 N–H and O–H groups in total. The van der Waals surface area contributed by atoms with Crippen LogP contribution in [0, 0.1) is 10.1 Å². The quantitative estimate of drug-likeness (QED) is 0.414. The molecule has 0 spiro atoms. The lowest BCUT2D eigenvalue weighted by Crippen LogP contribution is -2.31. The van der Waals surface area contributed by atoms with E-state index in [1.165, 1.54) is 6.07 Å². The van der Waals surface area contributed by atoms with E-state index in [9.17, 15) is 19.7 Å². The van der Waals surface area contributed by atoms with Crippen LogP contribution < -0.4 is 5.32 Å². The zero-order valence-electron chi connectivity index (χ0n) is 13.6. The molecule has 1 unspecified atom stereocenters. The van der Waals surface area contributed by atoms with E-state index in [0.717, 1.165) is 22.2 Å². The number of benzene rings is 2. The van der Waals surface area contributed by atoms with E-state index in [-0.39, 0.29) is 16.6 Å². The number of rotatable bonds is 6. The van der Waals surface area contributed by atoms with Gasteiger partial charge in [0.25, 0.3) is 11.6 Å². The number of hydrogen-bond donors (Lipinski definition) is 1. The van der Waals surface area contributed by atoms with E-state index < -0.39 is 29.1 Å². The first-order chi connectivity index (χ1) is 12.3. The molecule has 0 aliphatic carbocycles. The third-order valence-electron chi connectivity index (χ3n) is 3.46. The van der Waals surface area contributed by atoms with Gasteiger partial charge in [0.1, 0.15) is 5.56 Å². The lowest BCUT2D eigenvalue weighted by molar-refractivity contribution is -0.385. The van der Waals surface area contributed by atoms with E-state index in [2.05, 4.69) is 21.2 Å². The third-order valence-corrected chi connectivity index (χ3v) is 4.22. The zero-order chi connectivity index (χ0) is 19.3. The summed E-state index contributed by atoms with van der Waals surface area (Å²) in [5.74, 6) is -1.52. The van der Waals surface area contributed by atoms with Crippen molar-refractivity contribution in [3.63, 3.8) is 0 Å². The number of carbonyl (C=O) groups is 2. The van der Waals surface area contributed by atoms with E-state index >= 15 is 0 Å². The van der Waals surface area contributed by atoms with Gasteiger partial charge in [0, 0.05) is 15.6 Å². The first kappa shape index (κ1) is 19.9. The highest BCUT2D eigenvalue weighted by molar-refractivity contribution is 9.10. The topological polar surface area (TPSA) is 98.5 Å². The maximum absolute atomic E-state index is 12.0. The minimum Gasteiger partial charge on any atom is -0.452 e. The van der Waals surface area contributed by atoms with Crippen molar-refractivity contribution in [1.29, 1.82) is 0 Å². The fourth-order valence-electron chi connectivity index (χ4n) is 2.16. The van der Waals surface area contributed by atoms with E-state index in [4.69, 9.17) is 16.3 Å². The fraction of sp³-hybridized carbons (Fsp3) is 0.176. The van der Waals surface area contributed by atoms with Crippen LogP contribution in [0.3, 0.4) is 0 Å². The van der Waals surface area contributed by atoms with Crippen LogP contribution in [0.4, 0.5) is 5.69 Å². The predicted molar refractivity (Wildman–Crippen MR) is 99.1 cm³/mol. The van der Waals surface area contributed by atoms with Crippen molar-refractivity contribution < 1.29 is 19.2 Å². The molecule has 9 heteroatoms. The Hall–Kier alpha value is -2.45. The minimum absolute atomic E-state index is 0.149. The summed E-state index contributed by atoms with van der Waals surface area (Å²) in [6.45, 7) is 1.22. The summed E-state index contributed by atoms with van der Waals surface area (Å²) in [6.07, 6.45) is 0. The van der Waals surface area contributed by atoms with Crippen LogP contribution in [-0.2, 0) is 9.53 Å². The lowest BCUT2D eigenvalue weighted by Gasteiger charge is -2.14. The highest BCUT2D eigenvalue weighted by atomic mass is 79.9. The van der Waals surface area contributed by atoms with Gasteiger partial charge in [-0.25, -0.2) is 4.79 Å². The van der Waals surface area contributed by atoms with Crippen LogP contribution >= 0.6 is 27.5 Å². The molecular weight excluding hydrogens is 428 g/mol. The number of ether oxygens (including phenoxy) is 1. The number of esters is 1. The molecule has 1 amide bonds. The molecular formula is C17H14BrClN2O5. The molecule has 2 aromatic carbocycles. The number of carbonyl (C=O) groups excluding carboxylic acids is 2. The van der Waals surface area contributed by atoms with Crippen LogP contribution in [-0.4, -0.2) is 23.4 Å². The average Bonchev–Trinajstić information content (AvgIpc) is 2.59. The van der Waals surface area contributed by atoms with E-state index in [1.54, 1.807) is 6.92 Å². The number of hydrogen-bond acceptors (Lipinski definition) is 5. The molecule has 1 atom stereocenters. The Bertz CT molecular complexity index is 842. The summed E-state index contributed by atoms with van der Waals surface area (Å²) in [5.41, 5.74) is 0.123. The Balaban J connectivity index is 1.97. The SMILES string of the molecule is CC(NC(=O)COC(=O)c1cc(Cl)ccc1[N+](=O)[O-])c1ccc(Br)cc1. The van der Waals surface area contributed by atoms with Gasteiger partial charge in [-0.1, -0.05) is 39.7 Å². The smallest absolute Gasteiger partial charge is 0.345 e. The average molecular weight is 442 g/mol. The highest BCUT2D eigenvalue weighted by Crippen LogP contribution is 2.23. The molecule has 0 saturated heterocycles. The molecule has 7 nitrogen and oxygen atoms in total. The number of nitro groups is 1.